The van der Waals surface area contributed by atoms with Gasteiger partial charge in [-0.1, -0.05) is 35.9 Å². The van der Waals surface area contributed by atoms with E-state index in [2.05, 4.69) is 0 Å². The predicted molar refractivity (Wildman–Crippen MR) is 80.3 cm³/mol. The average Bonchev–Trinajstić information content (AvgIpc) is 2.43. The van der Waals surface area contributed by atoms with Crippen LogP contribution < -0.4 is 0 Å². The first-order valence-corrected chi connectivity index (χ1v) is 8.56. The zero-order valence-corrected chi connectivity index (χ0v) is 12.9. The van der Waals surface area contributed by atoms with Gasteiger partial charge in [-0.25, -0.2) is 17.2 Å². The van der Waals surface area contributed by atoms with Crippen LogP contribution in [0.3, 0.4) is 0 Å². The fourth-order valence-electron chi connectivity index (χ4n) is 2.02. The Kier molecular flexibility index (Phi) is 5.16. The third-order valence-electron chi connectivity index (χ3n) is 3.10. The molecule has 0 aromatic heterocycles. The molecule has 1 unspecified atom stereocenters. The normalized spacial score (nSPS) is 13.1. The van der Waals surface area contributed by atoms with Crippen LogP contribution in [0, 0.1) is 11.6 Å². The molecule has 0 radical (unpaired) electrons. The first kappa shape index (κ1) is 16.9. The maximum atomic E-state index is 13.5. The maximum absolute atomic E-state index is 13.5. The minimum Gasteiger partial charge on any atom is -0.387 e. The van der Waals surface area contributed by atoms with Gasteiger partial charge in [0.25, 0.3) is 0 Å². The standard InChI is InChI=1S/C15H13ClF2O3S/c16-12-5-2-1-4-10(12)15(19)9-22(20,21)8-11-13(17)6-3-7-14(11)18/h1-7,15,19H,8-9H2. The molecule has 0 saturated carbocycles. The summed E-state index contributed by atoms with van der Waals surface area (Å²) in [4.78, 5) is 0. The number of halogens is 3. The summed E-state index contributed by atoms with van der Waals surface area (Å²) in [6.45, 7) is 0. The molecule has 0 heterocycles. The van der Waals surface area contributed by atoms with Crippen molar-refractivity contribution >= 4 is 21.4 Å². The Balaban J connectivity index is 2.20. The number of aliphatic hydroxyl groups is 1. The van der Waals surface area contributed by atoms with Crippen molar-refractivity contribution < 1.29 is 22.3 Å². The van der Waals surface area contributed by atoms with E-state index in [0.29, 0.717) is 0 Å². The van der Waals surface area contributed by atoms with Crippen molar-refractivity contribution in [1.29, 1.82) is 0 Å². The van der Waals surface area contributed by atoms with Gasteiger partial charge in [0.1, 0.15) is 11.6 Å². The molecular formula is C15H13ClF2O3S. The van der Waals surface area contributed by atoms with Gasteiger partial charge < -0.3 is 5.11 Å². The molecule has 0 fully saturated rings. The molecule has 22 heavy (non-hydrogen) atoms. The van der Waals surface area contributed by atoms with Crippen LogP contribution in [-0.2, 0) is 15.6 Å². The summed E-state index contributed by atoms with van der Waals surface area (Å²) < 4.78 is 51.2. The largest absolute Gasteiger partial charge is 0.387 e. The van der Waals surface area contributed by atoms with E-state index < -0.39 is 44.6 Å². The van der Waals surface area contributed by atoms with Crippen molar-refractivity contribution in [2.24, 2.45) is 0 Å². The average molecular weight is 347 g/mol. The van der Waals surface area contributed by atoms with Crippen LogP contribution >= 0.6 is 11.6 Å². The smallest absolute Gasteiger partial charge is 0.157 e. The highest BCUT2D eigenvalue weighted by atomic mass is 35.5. The van der Waals surface area contributed by atoms with Gasteiger partial charge in [0.15, 0.2) is 9.84 Å². The van der Waals surface area contributed by atoms with E-state index in [1.54, 1.807) is 12.1 Å². The van der Waals surface area contributed by atoms with E-state index in [1.165, 1.54) is 12.1 Å². The molecular weight excluding hydrogens is 334 g/mol. The monoisotopic (exact) mass is 346 g/mol. The quantitative estimate of drug-likeness (QED) is 0.904. The summed E-state index contributed by atoms with van der Waals surface area (Å²) in [5.41, 5.74) is -0.282. The van der Waals surface area contributed by atoms with Crippen LogP contribution in [0.15, 0.2) is 42.5 Å². The second kappa shape index (κ2) is 6.73. The molecule has 0 saturated heterocycles. The molecule has 2 aromatic carbocycles. The van der Waals surface area contributed by atoms with Crippen LogP contribution in [0.1, 0.15) is 17.2 Å². The fraction of sp³-hybridized carbons (Fsp3) is 0.200. The van der Waals surface area contributed by atoms with E-state index in [0.717, 1.165) is 18.2 Å². The molecule has 0 spiro atoms. The van der Waals surface area contributed by atoms with Crippen LogP contribution in [0.4, 0.5) is 8.78 Å². The SMILES string of the molecule is O=S(=O)(Cc1c(F)cccc1F)CC(O)c1ccccc1Cl. The molecule has 0 aliphatic carbocycles. The second-order valence-corrected chi connectivity index (χ2v) is 7.31. The molecule has 0 amide bonds. The van der Waals surface area contributed by atoms with Crippen molar-refractivity contribution in [2.75, 3.05) is 5.75 Å². The molecule has 118 valence electrons. The van der Waals surface area contributed by atoms with Gasteiger partial charge in [-0.15, -0.1) is 0 Å². The highest BCUT2D eigenvalue weighted by Gasteiger charge is 2.23. The number of sulfone groups is 1. The number of aliphatic hydroxyl groups excluding tert-OH is 1. The third kappa shape index (κ3) is 4.03. The lowest BCUT2D eigenvalue weighted by molar-refractivity contribution is 0.201. The number of hydrogen-bond donors (Lipinski definition) is 1. The first-order chi connectivity index (χ1) is 10.3. The fourth-order valence-corrected chi connectivity index (χ4v) is 3.78. The summed E-state index contributed by atoms with van der Waals surface area (Å²) in [6.07, 6.45) is -1.37. The summed E-state index contributed by atoms with van der Waals surface area (Å²) in [6, 6.07) is 9.38. The van der Waals surface area contributed by atoms with Crippen LogP contribution in [0.25, 0.3) is 0 Å². The van der Waals surface area contributed by atoms with E-state index in [9.17, 15) is 22.3 Å². The van der Waals surface area contributed by atoms with Gasteiger partial charge in [0.2, 0.25) is 0 Å². The molecule has 0 aliphatic rings. The Morgan fingerprint density at radius 2 is 1.64 bits per heavy atom. The van der Waals surface area contributed by atoms with Crippen molar-refractivity contribution in [3.8, 4) is 0 Å². The van der Waals surface area contributed by atoms with Crippen molar-refractivity contribution in [2.45, 2.75) is 11.9 Å². The molecule has 0 bridgehead atoms. The minimum atomic E-state index is -3.93. The molecule has 2 aromatic rings. The van der Waals surface area contributed by atoms with Crippen LogP contribution in [0.2, 0.25) is 5.02 Å². The number of hydrogen-bond acceptors (Lipinski definition) is 3. The Morgan fingerprint density at radius 1 is 1.05 bits per heavy atom. The zero-order valence-electron chi connectivity index (χ0n) is 11.3. The Hall–Kier alpha value is -1.50. The van der Waals surface area contributed by atoms with E-state index in [1.807, 2.05) is 0 Å². The lowest BCUT2D eigenvalue weighted by Crippen LogP contribution is -2.18. The molecule has 0 aliphatic heterocycles. The van der Waals surface area contributed by atoms with Gasteiger partial charge in [0, 0.05) is 16.1 Å². The highest BCUT2D eigenvalue weighted by molar-refractivity contribution is 7.90. The molecule has 2 rings (SSSR count). The Labute approximate surface area is 132 Å². The van der Waals surface area contributed by atoms with Crippen molar-refractivity contribution in [3.63, 3.8) is 0 Å². The van der Waals surface area contributed by atoms with E-state index >= 15 is 0 Å². The molecule has 7 heteroatoms. The summed E-state index contributed by atoms with van der Waals surface area (Å²) in [5.74, 6) is -3.37. The molecule has 3 nitrogen and oxygen atoms in total. The van der Waals surface area contributed by atoms with E-state index in [-0.39, 0.29) is 10.6 Å². The summed E-state index contributed by atoms with van der Waals surface area (Å²) in [7, 11) is -3.93. The topological polar surface area (TPSA) is 54.4 Å². The van der Waals surface area contributed by atoms with Gasteiger partial charge in [-0.2, -0.15) is 0 Å². The minimum absolute atomic E-state index is 0.224. The maximum Gasteiger partial charge on any atom is 0.157 e. The number of rotatable bonds is 5. The third-order valence-corrected chi connectivity index (χ3v) is 5.00. The van der Waals surface area contributed by atoms with Gasteiger partial charge in [-0.3, -0.25) is 0 Å². The molecule has 1 atom stereocenters. The summed E-state index contributed by atoms with van der Waals surface area (Å²) in [5, 5.41) is 10.2. The van der Waals surface area contributed by atoms with Crippen molar-refractivity contribution in [3.05, 3.63) is 70.2 Å². The van der Waals surface area contributed by atoms with Gasteiger partial charge in [-0.05, 0) is 18.2 Å². The predicted octanol–water partition coefficient (Wildman–Crippen LogP) is 3.27. The first-order valence-electron chi connectivity index (χ1n) is 6.36. The zero-order chi connectivity index (χ0) is 16.3. The van der Waals surface area contributed by atoms with Gasteiger partial charge >= 0.3 is 0 Å². The lowest BCUT2D eigenvalue weighted by atomic mass is 10.1. The Bertz CT molecular complexity index is 758. The lowest BCUT2D eigenvalue weighted by Gasteiger charge is -2.13. The number of benzene rings is 2. The van der Waals surface area contributed by atoms with Crippen LogP contribution in [-0.4, -0.2) is 19.3 Å². The van der Waals surface area contributed by atoms with Crippen LogP contribution in [0.5, 0.6) is 0 Å². The Morgan fingerprint density at radius 3 is 2.23 bits per heavy atom. The molecule has 1 N–H and O–H groups in total. The van der Waals surface area contributed by atoms with Gasteiger partial charge in [0.05, 0.1) is 17.6 Å². The van der Waals surface area contributed by atoms with Crippen molar-refractivity contribution in [1.82, 2.24) is 0 Å². The highest BCUT2D eigenvalue weighted by Crippen LogP contribution is 2.25. The van der Waals surface area contributed by atoms with E-state index in [4.69, 9.17) is 11.6 Å². The summed E-state index contributed by atoms with van der Waals surface area (Å²) >= 11 is 5.88. The second-order valence-electron chi connectivity index (χ2n) is 4.79.